The van der Waals surface area contributed by atoms with E-state index in [0.717, 1.165) is 39.2 Å². The molecule has 3 heterocycles. The van der Waals surface area contributed by atoms with Crippen molar-refractivity contribution in [2.24, 2.45) is 0 Å². The van der Waals surface area contributed by atoms with Gasteiger partial charge in [-0.1, -0.05) is 133 Å². The Morgan fingerprint density at radius 1 is 0.440 bits per heavy atom. The van der Waals surface area contributed by atoms with Crippen LogP contribution in [0.15, 0.2) is 170 Å². The number of rotatable bonds is 5. The molecule has 0 N–H and O–H groups in total. The van der Waals surface area contributed by atoms with E-state index in [4.69, 9.17) is 25.9 Å². The first-order valence-corrected chi connectivity index (χ1v) is 16.7. The van der Waals surface area contributed by atoms with Gasteiger partial charge in [-0.3, -0.25) is 0 Å². The molecule has 0 aliphatic rings. The predicted octanol–water partition coefficient (Wildman–Crippen LogP) is 12.0. The van der Waals surface area contributed by atoms with Crippen LogP contribution < -0.4 is 0 Å². The number of aromatic nitrogens is 4. The van der Waals surface area contributed by atoms with Crippen LogP contribution in [-0.2, 0) is 0 Å². The van der Waals surface area contributed by atoms with Crippen LogP contribution in [0.5, 0.6) is 0 Å². The molecule has 0 amide bonds. The van der Waals surface area contributed by atoms with Crippen molar-refractivity contribution >= 4 is 53.3 Å². The van der Waals surface area contributed by atoms with Gasteiger partial charge in [-0.05, 0) is 47.4 Å². The molecule has 10 rings (SSSR count). The zero-order chi connectivity index (χ0) is 41.7. The molecule has 0 bridgehead atoms. The zero-order valence-corrected chi connectivity index (χ0v) is 26.9. The van der Waals surface area contributed by atoms with Crippen molar-refractivity contribution in [2.75, 3.05) is 0 Å². The second-order valence-corrected chi connectivity index (χ2v) is 12.7. The van der Waals surface area contributed by atoms with E-state index in [1.807, 2.05) is 103 Å². The van der Waals surface area contributed by atoms with Crippen molar-refractivity contribution in [2.45, 2.75) is 0 Å². The molecular formula is C45H28N4S. The fourth-order valence-corrected chi connectivity index (χ4v) is 7.29. The second kappa shape index (κ2) is 11.6. The quantitative estimate of drug-likeness (QED) is 0.184. The molecule has 50 heavy (non-hydrogen) atoms. The molecule has 0 radical (unpaired) electrons. The maximum Gasteiger partial charge on any atom is 0.164 e. The minimum absolute atomic E-state index is 0.0495. The maximum absolute atomic E-state index is 9.60. The maximum atomic E-state index is 9.60. The molecule has 4 nitrogen and oxygen atoms in total. The van der Waals surface area contributed by atoms with Crippen LogP contribution in [0.25, 0.3) is 93.0 Å². The first-order valence-electron chi connectivity index (χ1n) is 20.9. The van der Waals surface area contributed by atoms with Crippen LogP contribution >= 0.6 is 11.3 Å². The molecule has 0 aliphatic carbocycles. The minimum Gasteiger partial charge on any atom is -0.309 e. The lowest BCUT2D eigenvalue weighted by atomic mass is 10.0. The Morgan fingerprint density at radius 2 is 1.02 bits per heavy atom. The van der Waals surface area contributed by atoms with Gasteiger partial charge in [0.05, 0.1) is 24.7 Å². The normalized spacial score (nSPS) is 14.4. The highest BCUT2D eigenvalue weighted by Gasteiger charge is 2.16. The lowest BCUT2D eigenvalue weighted by molar-refractivity contribution is 1.07. The summed E-state index contributed by atoms with van der Waals surface area (Å²) in [5, 5.41) is 0.398. The molecule has 0 spiro atoms. The topological polar surface area (TPSA) is 43.6 Å². The van der Waals surface area contributed by atoms with Crippen LogP contribution in [0.1, 0.15) is 13.7 Å². The number of nitrogens with zero attached hydrogens (tertiary/aromatic N) is 4. The number of fused-ring (bicyclic) bond motifs is 6. The van der Waals surface area contributed by atoms with Crippen molar-refractivity contribution in [1.29, 1.82) is 0 Å². The largest absolute Gasteiger partial charge is 0.309 e. The Morgan fingerprint density at radius 3 is 1.72 bits per heavy atom. The van der Waals surface area contributed by atoms with Gasteiger partial charge in [0.1, 0.15) is 0 Å². The van der Waals surface area contributed by atoms with E-state index in [1.54, 1.807) is 10.6 Å². The van der Waals surface area contributed by atoms with Gasteiger partial charge in [0.15, 0.2) is 17.5 Å². The Bertz CT molecular complexity index is 3370. The number of para-hydroxylation sites is 1. The standard InChI is InChI=1S/C45H28N4S/c1-3-12-30(13-4-1)43-46-44(31-14-5-2-6-15-31)48-45(47-43)32-24-22-29(23-25-32)33-16-11-17-34(26-33)49-39-20-9-7-18-35(39)37-27-38-36-19-8-10-21-41(36)50-42(38)28-40(37)49/h1-28H/i7D,8D,9D,10D,18D,19D,20D,21D,27D,28D. The summed E-state index contributed by atoms with van der Waals surface area (Å²) in [6.45, 7) is 0. The van der Waals surface area contributed by atoms with E-state index in [1.165, 1.54) is 0 Å². The lowest BCUT2D eigenvalue weighted by Crippen LogP contribution is -2.00. The third-order valence-corrected chi connectivity index (χ3v) is 9.72. The summed E-state index contributed by atoms with van der Waals surface area (Å²) >= 11 is 0.994. The predicted molar refractivity (Wildman–Crippen MR) is 209 cm³/mol. The molecule has 0 atom stereocenters. The minimum atomic E-state index is -0.492. The summed E-state index contributed by atoms with van der Waals surface area (Å²) in [5.41, 5.74) is 4.81. The number of benzene rings is 7. The summed E-state index contributed by atoms with van der Waals surface area (Å²) in [4.78, 5) is 14.5. The smallest absolute Gasteiger partial charge is 0.164 e. The second-order valence-electron chi connectivity index (χ2n) is 11.7. The summed E-state index contributed by atoms with van der Waals surface area (Å²) in [7, 11) is 0. The summed E-state index contributed by atoms with van der Waals surface area (Å²) in [6, 6.07) is 31.1. The van der Waals surface area contributed by atoms with Crippen LogP contribution in [0.4, 0.5) is 0 Å². The molecule has 0 saturated heterocycles. The molecule has 5 heteroatoms. The average molecular weight is 667 g/mol. The Labute approximate surface area is 306 Å². The van der Waals surface area contributed by atoms with E-state index < -0.39 is 24.2 Å². The molecule has 3 aromatic heterocycles. The molecule has 0 aliphatic heterocycles. The van der Waals surface area contributed by atoms with Crippen molar-refractivity contribution < 1.29 is 13.7 Å². The highest BCUT2D eigenvalue weighted by atomic mass is 32.1. The third kappa shape index (κ3) is 4.79. The first kappa shape index (κ1) is 20.2. The SMILES string of the molecule is [2H]c1c([2H])c([2H])c2c(sc3c([2H])c4c(c([2H])c32)c2c([2H])c([2H])c([2H])c([2H])c2n4-c2cccc(-c3ccc(-c4nc(-c5ccccc5)nc(-c5ccccc5)n4)cc3)c2)c1[2H]. The Balaban J connectivity index is 1.16. The summed E-state index contributed by atoms with van der Waals surface area (Å²) in [6.07, 6.45) is 0. The lowest BCUT2D eigenvalue weighted by Gasteiger charge is -2.11. The highest BCUT2D eigenvalue weighted by Crippen LogP contribution is 2.41. The van der Waals surface area contributed by atoms with Crippen LogP contribution in [0.2, 0.25) is 0 Å². The van der Waals surface area contributed by atoms with Gasteiger partial charge in [-0.25, -0.2) is 15.0 Å². The first-order chi connectivity index (χ1) is 28.9. The van der Waals surface area contributed by atoms with Crippen molar-refractivity contribution in [3.63, 3.8) is 0 Å². The molecule has 0 saturated carbocycles. The molecule has 234 valence electrons. The van der Waals surface area contributed by atoms with Crippen molar-refractivity contribution in [1.82, 2.24) is 19.5 Å². The molecule has 0 unspecified atom stereocenters. The molecule has 10 aromatic rings. The van der Waals surface area contributed by atoms with Crippen molar-refractivity contribution in [3.05, 3.63) is 170 Å². The van der Waals surface area contributed by atoms with Gasteiger partial charge in [0.2, 0.25) is 0 Å². The van der Waals surface area contributed by atoms with Crippen molar-refractivity contribution in [3.8, 4) is 51.0 Å². The van der Waals surface area contributed by atoms with E-state index in [2.05, 4.69) is 0 Å². The van der Waals surface area contributed by atoms with Crippen LogP contribution in [-0.4, -0.2) is 19.5 Å². The van der Waals surface area contributed by atoms with E-state index in [9.17, 15) is 2.74 Å². The van der Waals surface area contributed by atoms with Gasteiger partial charge in [-0.15, -0.1) is 11.3 Å². The monoisotopic (exact) mass is 666 g/mol. The zero-order valence-electron chi connectivity index (χ0n) is 36.1. The Hall–Kier alpha value is -6.43. The van der Waals surface area contributed by atoms with Gasteiger partial charge in [0.25, 0.3) is 0 Å². The van der Waals surface area contributed by atoms with E-state index in [-0.39, 0.29) is 78.2 Å². The number of thiophene rings is 1. The van der Waals surface area contributed by atoms with Gasteiger partial charge in [0, 0.05) is 53.3 Å². The fourth-order valence-electron chi connectivity index (χ4n) is 6.33. The van der Waals surface area contributed by atoms with Gasteiger partial charge in [-0.2, -0.15) is 0 Å². The third-order valence-electron chi connectivity index (χ3n) is 8.70. The molecular weight excluding hydrogens is 629 g/mol. The highest BCUT2D eigenvalue weighted by molar-refractivity contribution is 7.25. The Kier molecular flexibility index (Phi) is 4.69. The molecule has 0 fully saturated rings. The summed E-state index contributed by atoms with van der Waals surface area (Å²) < 4.78 is 90.5. The van der Waals surface area contributed by atoms with Crippen LogP contribution in [0, 0.1) is 0 Å². The average Bonchev–Trinajstić information content (AvgIpc) is 3.88. The van der Waals surface area contributed by atoms with Gasteiger partial charge < -0.3 is 4.57 Å². The van der Waals surface area contributed by atoms with Gasteiger partial charge >= 0.3 is 0 Å². The number of hydrogen-bond acceptors (Lipinski definition) is 4. The van der Waals surface area contributed by atoms with E-state index in [0.29, 0.717) is 23.2 Å². The van der Waals surface area contributed by atoms with E-state index >= 15 is 0 Å². The molecule has 7 aromatic carbocycles. The fraction of sp³-hybridized carbons (Fsp3) is 0. The van der Waals surface area contributed by atoms with Crippen LogP contribution in [0.3, 0.4) is 0 Å². The number of hydrogen-bond donors (Lipinski definition) is 0. The summed E-state index contributed by atoms with van der Waals surface area (Å²) in [5.74, 6) is 1.58.